The van der Waals surface area contributed by atoms with Crippen molar-refractivity contribution in [2.45, 2.75) is 6.61 Å². The lowest BCUT2D eigenvalue weighted by Gasteiger charge is -2.05. The van der Waals surface area contributed by atoms with Crippen molar-refractivity contribution >= 4 is 33.0 Å². The maximum absolute atomic E-state index is 12.9. The summed E-state index contributed by atoms with van der Waals surface area (Å²) in [7, 11) is 0. The third kappa shape index (κ3) is 3.05. The number of hydrogen-bond donors (Lipinski definition) is 0. The quantitative estimate of drug-likeness (QED) is 0.625. The Morgan fingerprint density at radius 2 is 2.17 bits per heavy atom. The van der Waals surface area contributed by atoms with Crippen molar-refractivity contribution in [2.75, 3.05) is 0 Å². The summed E-state index contributed by atoms with van der Waals surface area (Å²) in [6.45, 7) is 0.211. The van der Waals surface area contributed by atoms with Gasteiger partial charge in [0.15, 0.2) is 5.75 Å². The molecule has 2 rings (SSSR count). The van der Waals surface area contributed by atoms with Crippen molar-refractivity contribution in [3.05, 3.63) is 54.9 Å². The normalized spacial score (nSPS) is 10.3. The molecule has 0 spiro atoms. The molecule has 0 amide bonds. The van der Waals surface area contributed by atoms with Gasteiger partial charge in [-0.25, -0.2) is 4.39 Å². The highest BCUT2D eigenvalue weighted by Crippen LogP contribution is 2.29. The molecule has 7 heteroatoms. The molecule has 1 heterocycles. The van der Waals surface area contributed by atoms with Crippen LogP contribution < -0.4 is 4.74 Å². The van der Waals surface area contributed by atoms with Gasteiger partial charge in [0.2, 0.25) is 0 Å². The highest BCUT2D eigenvalue weighted by Gasteiger charge is 2.16. The van der Waals surface area contributed by atoms with Crippen LogP contribution in [-0.4, -0.2) is 4.92 Å². The SMILES string of the molecule is O=[N+]([O-])c1cc(F)ccc1OCc1ccc(Br)s1. The van der Waals surface area contributed by atoms with Crippen LogP contribution in [0.15, 0.2) is 34.1 Å². The zero-order valence-electron chi connectivity index (χ0n) is 8.93. The zero-order valence-corrected chi connectivity index (χ0v) is 11.3. The summed E-state index contributed by atoms with van der Waals surface area (Å²) in [6.07, 6.45) is 0. The summed E-state index contributed by atoms with van der Waals surface area (Å²) in [6, 6.07) is 6.95. The topological polar surface area (TPSA) is 52.4 Å². The Labute approximate surface area is 114 Å². The van der Waals surface area contributed by atoms with Gasteiger partial charge in [0.05, 0.1) is 14.8 Å². The molecule has 0 aliphatic carbocycles. The van der Waals surface area contributed by atoms with Gasteiger partial charge in [0.1, 0.15) is 12.4 Å². The minimum atomic E-state index is -0.664. The molecule has 0 bridgehead atoms. The molecular weight excluding hydrogens is 325 g/mol. The summed E-state index contributed by atoms with van der Waals surface area (Å²) < 4.78 is 19.2. The van der Waals surface area contributed by atoms with Gasteiger partial charge in [0.25, 0.3) is 0 Å². The summed E-state index contributed by atoms with van der Waals surface area (Å²) in [5.74, 6) is -0.598. The van der Waals surface area contributed by atoms with Crippen LogP contribution in [0.1, 0.15) is 4.88 Å². The molecule has 0 aliphatic heterocycles. The number of nitrogens with zero attached hydrogens (tertiary/aromatic N) is 1. The number of ether oxygens (including phenoxy) is 1. The maximum atomic E-state index is 12.9. The Hall–Kier alpha value is -1.47. The Morgan fingerprint density at radius 3 is 2.78 bits per heavy atom. The number of halogens is 2. The van der Waals surface area contributed by atoms with E-state index in [1.54, 1.807) is 0 Å². The molecule has 0 atom stereocenters. The molecule has 1 aromatic carbocycles. The van der Waals surface area contributed by atoms with Gasteiger partial charge in [-0.1, -0.05) is 0 Å². The van der Waals surface area contributed by atoms with E-state index >= 15 is 0 Å². The lowest BCUT2D eigenvalue weighted by Crippen LogP contribution is -1.98. The first-order chi connectivity index (χ1) is 8.56. The third-order valence-electron chi connectivity index (χ3n) is 2.12. The van der Waals surface area contributed by atoms with Crippen molar-refractivity contribution in [3.63, 3.8) is 0 Å². The van der Waals surface area contributed by atoms with Crippen molar-refractivity contribution in [1.29, 1.82) is 0 Å². The Bertz CT molecular complexity index is 587. The fourth-order valence-electron chi connectivity index (χ4n) is 1.33. The second kappa shape index (κ2) is 5.45. The number of hydrogen-bond acceptors (Lipinski definition) is 4. The third-order valence-corrected chi connectivity index (χ3v) is 3.71. The monoisotopic (exact) mass is 331 g/mol. The van der Waals surface area contributed by atoms with Crippen LogP contribution in [0.3, 0.4) is 0 Å². The van der Waals surface area contributed by atoms with Crippen molar-refractivity contribution < 1.29 is 14.1 Å². The van der Waals surface area contributed by atoms with Gasteiger partial charge < -0.3 is 4.74 Å². The number of nitro benzene ring substituents is 1. The number of thiophene rings is 1. The van der Waals surface area contributed by atoms with E-state index in [2.05, 4.69) is 15.9 Å². The van der Waals surface area contributed by atoms with E-state index < -0.39 is 10.7 Å². The van der Waals surface area contributed by atoms with E-state index in [4.69, 9.17) is 4.74 Å². The van der Waals surface area contributed by atoms with Gasteiger partial charge in [-0.05, 0) is 40.2 Å². The molecule has 0 N–H and O–H groups in total. The first-order valence-electron chi connectivity index (χ1n) is 4.87. The first-order valence-corrected chi connectivity index (χ1v) is 6.48. The van der Waals surface area contributed by atoms with Crippen LogP contribution in [0.5, 0.6) is 5.75 Å². The number of nitro groups is 1. The van der Waals surface area contributed by atoms with Crippen LogP contribution in [0.4, 0.5) is 10.1 Å². The van der Waals surface area contributed by atoms with E-state index in [0.29, 0.717) is 0 Å². The predicted octanol–water partition coefficient (Wildman–Crippen LogP) is 4.14. The molecule has 0 saturated carbocycles. The summed E-state index contributed by atoms with van der Waals surface area (Å²) >= 11 is 4.78. The fraction of sp³-hybridized carbons (Fsp3) is 0.0909. The van der Waals surface area contributed by atoms with Crippen LogP contribution in [0, 0.1) is 15.9 Å². The van der Waals surface area contributed by atoms with E-state index in [-0.39, 0.29) is 18.0 Å². The van der Waals surface area contributed by atoms with Crippen molar-refractivity contribution in [1.82, 2.24) is 0 Å². The summed E-state index contributed by atoms with van der Waals surface area (Å²) in [5.41, 5.74) is -0.370. The highest BCUT2D eigenvalue weighted by atomic mass is 79.9. The molecule has 0 saturated heterocycles. The predicted molar refractivity (Wildman–Crippen MR) is 69.4 cm³/mol. The van der Waals surface area contributed by atoms with Crippen LogP contribution in [0.2, 0.25) is 0 Å². The highest BCUT2D eigenvalue weighted by molar-refractivity contribution is 9.11. The van der Waals surface area contributed by atoms with E-state index in [1.807, 2.05) is 12.1 Å². The Morgan fingerprint density at radius 1 is 1.39 bits per heavy atom. The van der Waals surface area contributed by atoms with Gasteiger partial charge >= 0.3 is 5.69 Å². The molecule has 1 aromatic heterocycles. The lowest BCUT2D eigenvalue weighted by atomic mass is 10.3. The van der Waals surface area contributed by atoms with Crippen LogP contribution in [0.25, 0.3) is 0 Å². The van der Waals surface area contributed by atoms with E-state index in [9.17, 15) is 14.5 Å². The molecule has 2 aromatic rings. The van der Waals surface area contributed by atoms with Gasteiger partial charge in [-0.2, -0.15) is 0 Å². The molecule has 4 nitrogen and oxygen atoms in total. The summed E-state index contributed by atoms with van der Waals surface area (Å²) in [5, 5.41) is 10.7. The Balaban J connectivity index is 2.16. The maximum Gasteiger partial charge on any atom is 0.313 e. The van der Waals surface area contributed by atoms with Gasteiger partial charge in [-0.15, -0.1) is 11.3 Å². The van der Waals surface area contributed by atoms with E-state index in [0.717, 1.165) is 20.8 Å². The number of benzene rings is 1. The molecule has 0 unspecified atom stereocenters. The zero-order chi connectivity index (χ0) is 13.1. The Kier molecular flexibility index (Phi) is 3.93. The van der Waals surface area contributed by atoms with Crippen molar-refractivity contribution in [3.8, 4) is 5.75 Å². The van der Waals surface area contributed by atoms with Crippen LogP contribution in [-0.2, 0) is 6.61 Å². The van der Waals surface area contributed by atoms with E-state index in [1.165, 1.54) is 17.4 Å². The molecule has 94 valence electrons. The molecule has 0 radical (unpaired) electrons. The fourth-order valence-corrected chi connectivity index (χ4v) is 2.73. The minimum Gasteiger partial charge on any atom is -0.481 e. The van der Waals surface area contributed by atoms with Gasteiger partial charge in [0, 0.05) is 4.88 Å². The standard InChI is InChI=1S/C11H7BrFNO3S/c12-11-4-2-8(18-11)6-17-10-3-1-7(13)5-9(10)14(15)16/h1-5H,6H2. The minimum absolute atomic E-state index is 0.0610. The molecule has 0 fully saturated rings. The summed E-state index contributed by atoms with van der Waals surface area (Å²) in [4.78, 5) is 11.0. The molecule has 18 heavy (non-hydrogen) atoms. The smallest absolute Gasteiger partial charge is 0.313 e. The van der Waals surface area contributed by atoms with Crippen LogP contribution >= 0.6 is 27.3 Å². The van der Waals surface area contributed by atoms with Gasteiger partial charge in [-0.3, -0.25) is 10.1 Å². The molecule has 0 aliphatic rings. The number of rotatable bonds is 4. The largest absolute Gasteiger partial charge is 0.481 e. The second-order valence-electron chi connectivity index (χ2n) is 3.36. The first kappa shape index (κ1) is 13.0. The average molecular weight is 332 g/mol. The second-order valence-corrected chi connectivity index (χ2v) is 5.91. The van der Waals surface area contributed by atoms with Crippen molar-refractivity contribution in [2.24, 2.45) is 0 Å². The lowest BCUT2D eigenvalue weighted by molar-refractivity contribution is -0.386. The average Bonchev–Trinajstić information content (AvgIpc) is 2.73. The molecular formula is C11H7BrFNO3S.